The van der Waals surface area contributed by atoms with E-state index in [1.165, 1.54) is 37.7 Å². The zero-order valence-electron chi connectivity index (χ0n) is 16.1. The molecular formula is C19H21N3O5S2. The summed E-state index contributed by atoms with van der Waals surface area (Å²) in [4.78, 5) is 24.4. The summed E-state index contributed by atoms with van der Waals surface area (Å²) < 4.78 is 10.0. The number of nitro benzene ring substituents is 1. The van der Waals surface area contributed by atoms with Crippen LogP contribution in [0.25, 0.3) is 0 Å². The summed E-state index contributed by atoms with van der Waals surface area (Å²) >= 11 is 6.83. The lowest BCUT2D eigenvalue weighted by Gasteiger charge is -2.12. The van der Waals surface area contributed by atoms with Gasteiger partial charge in [0.15, 0.2) is 5.11 Å². The number of thiophene rings is 1. The number of nitrogens with one attached hydrogen (secondary N) is 2. The highest BCUT2D eigenvalue weighted by Gasteiger charge is 2.26. The number of nitro groups is 1. The van der Waals surface area contributed by atoms with Crippen LogP contribution >= 0.6 is 23.6 Å². The molecule has 0 amide bonds. The summed E-state index contributed by atoms with van der Waals surface area (Å²) in [5.41, 5.74) is 1.58. The van der Waals surface area contributed by atoms with Crippen LogP contribution in [-0.4, -0.2) is 30.2 Å². The first-order valence-electron chi connectivity index (χ1n) is 9.08. The topological polar surface area (TPSA) is 103 Å². The van der Waals surface area contributed by atoms with Crippen molar-refractivity contribution in [2.24, 2.45) is 0 Å². The van der Waals surface area contributed by atoms with Crippen LogP contribution in [-0.2, 0) is 17.6 Å². The number of carbonyl (C=O) groups excluding carboxylic acids is 1. The van der Waals surface area contributed by atoms with E-state index in [9.17, 15) is 14.9 Å². The number of thiocarbonyl (C=S) groups is 1. The zero-order chi connectivity index (χ0) is 21.0. The van der Waals surface area contributed by atoms with E-state index in [2.05, 4.69) is 10.6 Å². The van der Waals surface area contributed by atoms with E-state index in [4.69, 9.17) is 21.7 Å². The van der Waals surface area contributed by atoms with Gasteiger partial charge < -0.3 is 20.1 Å². The van der Waals surface area contributed by atoms with Crippen LogP contribution in [0.3, 0.4) is 0 Å². The van der Waals surface area contributed by atoms with Gasteiger partial charge >= 0.3 is 5.97 Å². The molecule has 0 atom stereocenters. The lowest BCUT2D eigenvalue weighted by molar-refractivity contribution is -0.384. The predicted molar refractivity (Wildman–Crippen MR) is 116 cm³/mol. The van der Waals surface area contributed by atoms with Crippen LogP contribution in [0, 0.1) is 10.1 Å². The average molecular weight is 436 g/mol. The summed E-state index contributed by atoms with van der Waals surface area (Å²) in [6.45, 7) is 0. The van der Waals surface area contributed by atoms with Crippen LogP contribution in [0.1, 0.15) is 40.1 Å². The standard InChI is InChI=1S/C19H21N3O5S2/c1-26-11-8-9-13(14(10-11)22(24)25)20-19(28)21-17-16(18(23)27-2)12-6-4-3-5-7-15(12)29-17/h8-10H,3-7H2,1-2H3,(H2,20,21,28). The van der Waals surface area contributed by atoms with Crippen molar-refractivity contribution in [3.05, 3.63) is 44.3 Å². The predicted octanol–water partition coefficient (Wildman–Crippen LogP) is 4.53. The smallest absolute Gasteiger partial charge is 0.341 e. The monoisotopic (exact) mass is 435 g/mol. The fourth-order valence-corrected chi connectivity index (χ4v) is 4.86. The lowest BCUT2D eigenvalue weighted by atomic mass is 10.1. The molecule has 1 aliphatic rings. The highest BCUT2D eigenvalue weighted by Crippen LogP contribution is 2.38. The fraction of sp³-hybridized carbons (Fsp3) is 0.368. The van der Waals surface area contributed by atoms with E-state index in [1.807, 2.05) is 0 Å². The third kappa shape index (κ3) is 4.65. The normalized spacial score (nSPS) is 13.0. The van der Waals surface area contributed by atoms with E-state index < -0.39 is 10.9 Å². The Hall–Kier alpha value is -2.72. The molecule has 10 heteroatoms. The van der Waals surface area contributed by atoms with E-state index in [-0.39, 0.29) is 16.5 Å². The van der Waals surface area contributed by atoms with E-state index in [0.717, 1.165) is 42.5 Å². The molecule has 0 radical (unpaired) electrons. The molecule has 0 spiro atoms. The molecule has 2 aromatic rings. The summed E-state index contributed by atoms with van der Waals surface area (Å²) in [6, 6.07) is 4.44. The number of nitrogens with zero attached hydrogens (tertiary/aromatic N) is 1. The Kier molecular flexibility index (Phi) is 6.65. The van der Waals surface area contributed by atoms with Gasteiger partial charge in [-0.1, -0.05) is 6.42 Å². The number of anilines is 2. The van der Waals surface area contributed by atoms with Gasteiger partial charge in [-0.15, -0.1) is 11.3 Å². The highest BCUT2D eigenvalue weighted by atomic mass is 32.1. The molecule has 1 aromatic heterocycles. The molecule has 2 N–H and O–H groups in total. The molecule has 0 unspecified atom stereocenters. The van der Waals surface area contributed by atoms with Gasteiger partial charge in [0.05, 0.1) is 30.8 Å². The maximum atomic E-state index is 12.4. The second kappa shape index (κ2) is 9.19. The fourth-order valence-electron chi connectivity index (χ4n) is 3.30. The Morgan fingerprint density at radius 2 is 1.97 bits per heavy atom. The molecule has 1 aliphatic carbocycles. The van der Waals surface area contributed by atoms with Crippen molar-refractivity contribution in [3.8, 4) is 5.75 Å². The molecule has 1 aromatic carbocycles. The van der Waals surface area contributed by atoms with Crippen molar-refractivity contribution in [2.75, 3.05) is 24.9 Å². The first-order chi connectivity index (χ1) is 13.9. The number of esters is 1. The van der Waals surface area contributed by atoms with E-state index >= 15 is 0 Å². The molecule has 0 aliphatic heterocycles. The maximum absolute atomic E-state index is 12.4. The molecular weight excluding hydrogens is 414 g/mol. The number of carbonyl (C=O) groups is 1. The minimum Gasteiger partial charge on any atom is -0.496 e. The molecule has 1 heterocycles. The largest absolute Gasteiger partial charge is 0.496 e. The minimum atomic E-state index is -0.513. The number of fused-ring (bicyclic) bond motifs is 1. The number of ether oxygens (including phenoxy) is 2. The Bertz CT molecular complexity index is 958. The number of rotatable bonds is 5. The van der Waals surface area contributed by atoms with Gasteiger partial charge in [0.2, 0.25) is 0 Å². The van der Waals surface area contributed by atoms with Crippen LogP contribution in [0.5, 0.6) is 5.75 Å². The van der Waals surface area contributed by atoms with Crippen LogP contribution < -0.4 is 15.4 Å². The van der Waals surface area contributed by atoms with Crippen molar-refractivity contribution in [1.29, 1.82) is 0 Å². The van der Waals surface area contributed by atoms with Crippen molar-refractivity contribution in [2.45, 2.75) is 32.1 Å². The molecule has 3 rings (SSSR count). The molecule has 0 bridgehead atoms. The van der Waals surface area contributed by atoms with Gasteiger partial charge in [-0.2, -0.15) is 0 Å². The Morgan fingerprint density at radius 3 is 2.66 bits per heavy atom. The van der Waals surface area contributed by atoms with Crippen molar-refractivity contribution < 1.29 is 19.2 Å². The van der Waals surface area contributed by atoms with Crippen molar-refractivity contribution >= 4 is 51.0 Å². The number of methoxy groups -OCH3 is 2. The molecule has 8 nitrogen and oxygen atoms in total. The third-order valence-corrected chi connectivity index (χ3v) is 6.10. The number of hydrogen-bond donors (Lipinski definition) is 2. The quantitative estimate of drug-likeness (QED) is 0.232. The molecule has 0 saturated heterocycles. The maximum Gasteiger partial charge on any atom is 0.341 e. The summed E-state index contributed by atoms with van der Waals surface area (Å²) in [7, 11) is 2.79. The zero-order valence-corrected chi connectivity index (χ0v) is 17.7. The van der Waals surface area contributed by atoms with Gasteiger partial charge in [0.25, 0.3) is 5.69 Å². The highest BCUT2D eigenvalue weighted by molar-refractivity contribution is 7.80. The Balaban J connectivity index is 1.86. The van der Waals surface area contributed by atoms with Crippen molar-refractivity contribution in [3.63, 3.8) is 0 Å². The summed E-state index contributed by atoms with van der Waals surface area (Å²) in [6.07, 6.45) is 4.96. The van der Waals surface area contributed by atoms with Crippen LogP contribution in [0.2, 0.25) is 0 Å². The van der Waals surface area contributed by atoms with Gasteiger partial charge in [-0.05, 0) is 55.6 Å². The second-order valence-electron chi connectivity index (χ2n) is 6.48. The lowest BCUT2D eigenvalue weighted by Crippen LogP contribution is -2.21. The first-order valence-corrected chi connectivity index (χ1v) is 10.3. The van der Waals surface area contributed by atoms with Crippen molar-refractivity contribution in [1.82, 2.24) is 0 Å². The number of hydrogen-bond acceptors (Lipinski definition) is 7. The minimum absolute atomic E-state index is 0.153. The Labute approximate surface area is 177 Å². The Morgan fingerprint density at radius 1 is 1.21 bits per heavy atom. The first kappa shape index (κ1) is 21.0. The third-order valence-electron chi connectivity index (χ3n) is 4.69. The number of benzene rings is 1. The van der Waals surface area contributed by atoms with Gasteiger partial charge in [0.1, 0.15) is 16.4 Å². The van der Waals surface area contributed by atoms with E-state index in [1.54, 1.807) is 6.07 Å². The van der Waals surface area contributed by atoms with Gasteiger partial charge in [-0.3, -0.25) is 10.1 Å². The van der Waals surface area contributed by atoms with Gasteiger partial charge in [0, 0.05) is 4.88 Å². The molecule has 0 saturated carbocycles. The average Bonchev–Trinajstić information content (AvgIpc) is 2.87. The summed E-state index contributed by atoms with van der Waals surface area (Å²) in [5, 5.41) is 18.0. The molecule has 29 heavy (non-hydrogen) atoms. The number of aryl methyl sites for hydroxylation is 1. The van der Waals surface area contributed by atoms with Gasteiger partial charge in [-0.25, -0.2) is 4.79 Å². The second-order valence-corrected chi connectivity index (χ2v) is 7.99. The van der Waals surface area contributed by atoms with Crippen LogP contribution in [0.4, 0.5) is 16.4 Å². The molecule has 0 fully saturated rings. The molecule has 154 valence electrons. The SMILES string of the molecule is COC(=O)c1c(NC(=S)Nc2ccc(OC)cc2[N+](=O)[O-])sc2c1CCCCC2. The van der Waals surface area contributed by atoms with Crippen LogP contribution in [0.15, 0.2) is 18.2 Å². The van der Waals surface area contributed by atoms with E-state index in [0.29, 0.717) is 16.3 Å². The summed E-state index contributed by atoms with van der Waals surface area (Å²) in [5.74, 6) is -0.0405.